The number of carbonyl (C=O) groups excluding carboxylic acids is 2. The highest BCUT2D eigenvalue weighted by Gasteiger charge is 2.28. The number of hydrogen-bond acceptors (Lipinski definition) is 4. The van der Waals surface area contributed by atoms with Crippen LogP contribution in [0.15, 0.2) is 36.4 Å². The number of anilines is 1. The summed E-state index contributed by atoms with van der Waals surface area (Å²) >= 11 is 0. The van der Waals surface area contributed by atoms with Crippen LogP contribution in [0.3, 0.4) is 0 Å². The van der Waals surface area contributed by atoms with Crippen molar-refractivity contribution in [3.8, 4) is 11.5 Å². The van der Waals surface area contributed by atoms with Crippen LogP contribution < -0.4 is 15.4 Å². The zero-order chi connectivity index (χ0) is 26.2. The Morgan fingerprint density at radius 1 is 0.886 bits per heavy atom. The standard InChI is InChI=1S/C29H42N2O4/c1-8-9-10-11-14-17-30-27(34)31-23-15-12-13-16-24(23)35-26(33)20-18-21(28(2,3)4)25(32)22(19-20)29(5,6)7/h12-13,15-16,18-19,32H,8-11,14,17H2,1-7H3,(H2,30,31,34). The Bertz CT molecular complexity index is 981. The van der Waals surface area contributed by atoms with E-state index in [1.807, 2.05) is 41.5 Å². The molecule has 0 bridgehead atoms. The number of nitrogens with one attached hydrogen (secondary N) is 2. The quantitative estimate of drug-likeness (QED) is 0.199. The van der Waals surface area contributed by atoms with Gasteiger partial charge < -0.3 is 20.5 Å². The van der Waals surface area contributed by atoms with Crippen LogP contribution in [0.1, 0.15) is 102 Å². The Labute approximate surface area is 210 Å². The van der Waals surface area contributed by atoms with Gasteiger partial charge in [0.05, 0.1) is 11.3 Å². The number of unbranched alkanes of at least 4 members (excludes halogenated alkanes) is 4. The van der Waals surface area contributed by atoms with Gasteiger partial charge in [-0.05, 0) is 41.5 Å². The zero-order valence-corrected chi connectivity index (χ0v) is 22.4. The molecule has 2 rings (SSSR count). The fraction of sp³-hybridized carbons (Fsp3) is 0.517. The van der Waals surface area contributed by atoms with Crippen molar-refractivity contribution in [2.75, 3.05) is 11.9 Å². The summed E-state index contributed by atoms with van der Waals surface area (Å²) in [4.78, 5) is 25.6. The normalized spacial score (nSPS) is 11.7. The van der Waals surface area contributed by atoms with Crippen LogP contribution in [0.4, 0.5) is 10.5 Å². The van der Waals surface area contributed by atoms with Gasteiger partial charge in [-0.15, -0.1) is 0 Å². The number of aromatic hydroxyl groups is 1. The number of hydrogen-bond donors (Lipinski definition) is 3. The first-order chi connectivity index (χ1) is 16.3. The van der Waals surface area contributed by atoms with Gasteiger partial charge in [-0.25, -0.2) is 9.59 Å². The molecule has 0 aliphatic carbocycles. The van der Waals surface area contributed by atoms with Crippen LogP contribution in [-0.4, -0.2) is 23.7 Å². The second kappa shape index (κ2) is 12.1. The van der Waals surface area contributed by atoms with Gasteiger partial charge in [0.15, 0.2) is 5.75 Å². The summed E-state index contributed by atoms with van der Waals surface area (Å²) in [5.74, 6) is -0.0835. The third-order valence-corrected chi connectivity index (χ3v) is 5.87. The van der Waals surface area contributed by atoms with E-state index in [2.05, 4.69) is 17.6 Å². The molecule has 0 radical (unpaired) electrons. The van der Waals surface area contributed by atoms with Crippen molar-refractivity contribution in [1.82, 2.24) is 5.32 Å². The molecule has 0 aliphatic rings. The number of benzene rings is 2. The topological polar surface area (TPSA) is 87.7 Å². The fourth-order valence-electron chi connectivity index (χ4n) is 3.81. The summed E-state index contributed by atoms with van der Waals surface area (Å²) in [6, 6.07) is 9.90. The van der Waals surface area contributed by atoms with E-state index in [9.17, 15) is 14.7 Å². The van der Waals surface area contributed by atoms with E-state index in [1.165, 1.54) is 19.3 Å². The van der Waals surface area contributed by atoms with Gasteiger partial charge in [0.1, 0.15) is 5.75 Å². The molecule has 0 atom stereocenters. The second-order valence-electron chi connectivity index (χ2n) is 11.1. The fourth-order valence-corrected chi connectivity index (χ4v) is 3.81. The Hall–Kier alpha value is -3.02. The maximum Gasteiger partial charge on any atom is 0.343 e. The van der Waals surface area contributed by atoms with Gasteiger partial charge >= 0.3 is 12.0 Å². The summed E-state index contributed by atoms with van der Waals surface area (Å²) in [5.41, 5.74) is 1.39. The van der Waals surface area contributed by atoms with Crippen LogP contribution in [0.2, 0.25) is 0 Å². The third-order valence-electron chi connectivity index (χ3n) is 5.87. The molecule has 6 nitrogen and oxygen atoms in total. The number of ether oxygens (including phenoxy) is 1. The molecule has 2 aromatic rings. The number of esters is 1. The first kappa shape index (κ1) is 28.2. The molecular formula is C29H42N2O4. The van der Waals surface area contributed by atoms with Gasteiger partial charge in [-0.1, -0.05) is 86.3 Å². The second-order valence-corrected chi connectivity index (χ2v) is 11.1. The number of rotatable bonds is 9. The molecule has 35 heavy (non-hydrogen) atoms. The van der Waals surface area contributed by atoms with Crippen LogP contribution in [0, 0.1) is 0 Å². The van der Waals surface area contributed by atoms with Crippen LogP contribution in [0.5, 0.6) is 11.5 Å². The zero-order valence-electron chi connectivity index (χ0n) is 22.4. The number of phenols is 1. The van der Waals surface area contributed by atoms with E-state index in [4.69, 9.17) is 4.74 Å². The Balaban J connectivity index is 2.19. The number of urea groups is 1. The lowest BCUT2D eigenvalue weighted by molar-refractivity contribution is 0.0735. The lowest BCUT2D eigenvalue weighted by atomic mass is 9.78. The summed E-state index contributed by atoms with van der Waals surface area (Å²) in [6.07, 6.45) is 5.58. The molecule has 0 aliphatic heterocycles. The lowest BCUT2D eigenvalue weighted by Crippen LogP contribution is -2.29. The maximum absolute atomic E-state index is 13.2. The summed E-state index contributed by atoms with van der Waals surface area (Å²) in [5, 5.41) is 16.6. The summed E-state index contributed by atoms with van der Waals surface area (Å²) in [7, 11) is 0. The first-order valence-corrected chi connectivity index (χ1v) is 12.6. The summed E-state index contributed by atoms with van der Waals surface area (Å²) < 4.78 is 5.71. The predicted octanol–water partition coefficient (Wildman–Crippen LogP) is 7.30. The molecule has 0 saturated heterocycles. The van der Waals surface area contributed by atoms with Crippen molar-refractivity contribution in [2.24, 2.45) is 0 Å². The average Bonchev–Trinajstić information content (AvgIpc) is 2.76. The number of amides is 2. The molecule has 0 heterocycles. The van der Waals surface area contributed by atoms with Crippen molar-refractivity contribution in [1.29, 1.82) is 0 Å². The molecule has 3 N–H and O–H groups in total. The molecule has 0 aromatic heterocycles. The Morgan fingerprint density at radius 3 is 2.03 bits per heavy atom. The molecule has 0 unspecified atom stereocenters. The van der Waals surface area contributed by atoms with Gasteiger partial charge in [0.2, 0.25) is 0 Å². The van der Waals surface area contributed by atoms with Gasteiger partial charge in [-0.2, -0.15) is 0 Å². The molecule has 0 spiro atoms. The van der Waals surface area contributed by atoms with Crippen LogP contribution in [-0.2, 0) is 10.8 Å². The number of carbonyl (C=O) groups is 2. The van der Waals surface area contributed by atoms with Crippen LogP contribution >= 0.6 is 0 Å². The van der Waals surface area contributed by atoms with E-state index in [0.29, 0.717) is 28.9 Å². The highest BCUT2D eigenvalue weighted by Crippen LogP contribution is 2.40. The molecule has 0 saturated carbocycles. The minimum Gasteiger partial charge on any atom is -0.507 e. The largest absolute Gasteiger partial charge is 0.507 e. The number of phenolic OH excluding ortho intramolecular Hbond substituents is 1. The molecule has 2 amide bonds. The highest BCUT2D eigenvalue weighted by atomic mass is 16.5. The molecule has 6 heteroatoms. The van der Waals surface area contributed by atoms with Crippen molar-refractivity contribution < 1.29 is 19.4 Å². The predicted molar refractivity (Wildman–Crippen MR) is 143 cm³/mol. The maximum atomic E-state index is 13.2. The molecular weight excluding hydrogens is 440 g/mol. The number of para-hydroxylation sites is 2. The smallest absolute Gasteiger partial charge is 0.343 e. The first-order valence-electron chi connectivity index (χ1n) is 12.6. The highest BCUT2D eigenvalue weighted by molar-refractivity contribution is 5.95. The SMILES string of the molecule is CCCCCCCNC(=O)Nc1ccccc1OC(=O)c1cc(C(C)(C)C)c(O)c(C(C)(C)C)c1. The van der Waals surface area contributed by atoms with Crippen molar-refractivity contribution >= 4 is 17.7 Å². The summed E-state index contributed by atoms with van der Waals surface area (Å²) in [6.45, 7) is 14.7. The van der Waals surface area contributed by atoms with Gasteiger partial charge in [0.25, 0.3) is 0 Å². The Kier molecular flexibility index (Phi) is 9.75. The minimum absolute atomic E-state index is 0.204. The van der Waals surface area contributed by atoms with Gasteiger partial charge in [-0.3, -0.25) is 0 Å². The van der Waals surface area contributed by atoms with Crippen molar-refractivity contribution in [2.45, 2.75) is 91.4 Å². The third kappa shape index (κ3) is 8.30. The molecule has 0 fully saturated rings. The van der Waals surface area contributed by atoms with E-state index in [-0.39, 0.29) is 28.4 Å². The molecule has 192 valence electrons. The van der Waals surface area contributed by atoms with E-state index in [1.54, 1.807) is 36.4 Å². The van der Waals surface area contributed by atoms with Crippen molar-refractivity contribution in [3.05, 3.63) is 53.1 Å². The van der Waals surface area contributed by atoms with Crippen molar-refractivity contribution in [3.63, 3.8) is 0 Å². The van der Waals surface area contributed by atoms with E-state index >= 15 is 0 Å². The molecule has 2 aromatic carbocycles. The average molecular weight is 483 g/mol. The minimum atomic E-state index is -0.549. The van der Waals surface area contributed by atoms with Crippen LogP contribution in [0.25, 0.3) is 0 Å². The van der Waals surface area contributed by atoms with Gasteiger partial charge in [0, 0.05) is 17.7 Å². The Morgan fingerprint density at radius 2 is 1.46 bits per heavy atom. The lowest BCUT2D eigenvalue weighted by Gasteiger charge is -2.28. The monoisotopic (exact) mass is 482 g/mol. The van der Waals surface area contributed by atoms with E-state index < -0.39 is 5.97 Å². The van der Waals surface area contributed by atoms with E-state index in [0.717, 1.165) is 12.8 Å².